The third-order valence-corrected chi connectivity index (χ3v) is 1.89. The Morgan fingerprint density at radius 1 is 1.31 bits per heavy atom. The molecule has 0 aromatic rings. The van der Waals surface area contributed by atoms with Crippen molar-refractivity contribution in [1.29, 1.82) is 0 Å². The molecule has 6 nitrogen and oxygen atoms in total. The SMILES string of the molecule is CC(=O)OC[C@H]1O[C@H]([O-])C=C[C@H]1OC(C)=O. The maximum absolute atomic E-state index is 11.0. The monoisotopic (exact) mass is 229 g/mol. The third kappa shape index (κ3) is 4.00. The van der Waals surface area contributed by atoms with E-state index in [0.29, 0.717) is 0 Å². The molecule has 0 aromatic carbocycles. The van der Waals surface area contributed by atoms with E-state index in [1.165, 1.54) is 26.0 Å². The summed E-state index contributed by atoms with van der Waals surface area (Å²) in [6, 6.07) is 0. The lowest BCUT2D eigenvalue weighted by Crippen LogP contribution is -2.45. The molecule has 0 bridgehead atoms. The summed E-state index contributed by atoms with van der Waals surface area (Å²) in [5, 5.41) is 11.0. The lowest BCUT2D eigenvalue weighted by atomic mass is 10.1. The summed E-state index contributed by atoms with van der Waals surface area (Å²) in [4.78, 5) is 21.4. The van der Waals surface area contributed by atoms with Crippen molar-refractivity contribution in [3.05, 3.63) is 12.2 Å². The summed E-state index contributed by atoms with van der Waals surface area (Å²) in [7, 11) is 0. The molecular formula is C10H13O6-. The van der Waals surface area contributed by atoms with Crippen molar-refractivity contribution in [1.82, 2.24) is 0 Å². The van der Waals surface area contributed by atoms with E-state index in [2.05, 4.69) is 0 Å². The van der Waals surface area contributed by atoms with Gasteiger partial charge in [0.25, 0.3) is 0 Å². The van der Waals surface area contributed by atoms with Gasteiger partial charge in [-0.15, -0.1) is 0 Å². The van der Waals surface area contributed by atoms with Crippen LogP contribution in [0.5, 0.6) is 0 Å². The van der Waals surface area contributed by atoms with Crippen LogP contribution in [0.15, 0.2) is 12.2 Å². The molecule has 1 aliphatic rings. The molecule has 90 valence electrons. The first-order valence-corrected chi connectivity index (χ1v) is 4.79. The summed E-state index contributed by atoms with van der Waals surface area (Å²) in [5.74, 6) is -0.974. The zero-order valence-corrected chi connectivity index (χ0v) is 9.04. The van der Waals surface area contributed by atoms with Crippen molar-refractivity contribution in [2.24, 2.45) is 0 Å². The van der Waals surface area contributed by atoms with Crippen molar-refractivity contribution in [2.75, 3.05) is 6.61 Å². The maximum atomic E-state index is 11.0. The van der Waals surface area contributed by atoms with Gasteiger partial charge in [-0.25, -0.2) is 0 Å². The van der Waals surface area contributed by atoms with Crippen LogP contribution in [0.4, 0.5) is 0 Å². The minimum atomic E-state index is -1.33. The molecule has 0 saturated carbocycles. The van der Waals surface area contributed by atoms with Crippen LogP contribution in [0, 0.1) is 0 Å². The lowest BCUT2D eigenvalue weighted by Gasteiger charge is -2.34. The van der Waals surface area contributed by atoms with Crippen LogP contribution < -0.4 is 5.11 Å². The van der Waals surface area contributed by atoms with Crippen molar-refractivity contribution < 1.29 is 28.9 Å². The molecule has 0 radical (unpaired) electrons. The van der Waals surface area contributed by atoms with Crippen molar-refractivity contribution in [3.8, 4) is 0 Å². The molecule has 0 saturated heterocycles. The summed E-state index contributed by atoms with van der Waals surface area (Å²) < 4.78 is 14.6. The lowest BCUT2D eigenvalue weighted by molar-refractivity contribution is -0.483. The van der Waals surface area contributed by atoms with E-state index in [9.17, 15) is 14.7 Å². The molecule has 3 atom stereocenters. The summed E-state index contributed by atoms with van der Waals surface area (Å²) in [6.07, 6.45) is -0.0797. The number of rotatable bonds is 3. The van der Waals surface area contributed by atoms with Crippen molar-refractivity contribution >= 4 is 11.9 Å². The number of esters is 2. The number of hydrogen-bond donors (Lipinski definition) is 0. The Hall–Kier alpha value is -1.40. The second kappa shape index (κ2) is 5.62. The Kier molecular flexibility index (Phi) is 4.45. The topological polar surface area (TPSA) is 84.9 Å². The van der Waals surface area contributed by atoms with Crippen LogP contribution >= 0.6 is 0 Å². The van der Waals surface area contributed by atoms with Gasteiger partial charge in [-0.1, -0.05) is 6.08 Å². The number of carbonyl (C=O) groups is 2. The van der Waals surface area contributed by atoms with Gasteiger partial charge in [-0.3, -0.25) is 9.59 Å². The predicted octanol–water partition coefficient (Wildman–Crippen LogP) is -0.877. The fraction of sp³-hybridized carbons (Fsp3) is 0.600. The summed E-state index contributed by atoms with van der Waals surface area (Å²) in [5.41, 5.74) is 0. The van der Waals surface area contributed by atoms with E-state index < -0.39 is 30.4 Å². The van der Waals surface area contributed by atoms with Crippen LogP contribution in [-0.2, 0) is 23.8 Å². The zero-order valence-electron chi connectivity index (χ0n) is 9.04. The summed E-state index contributed by atoms with van der Waals surface area (Å²) >= 11 is 0. The van der Waals surface area contributed by atoms with Gasteiger partial charge < -0.3 is 19.3 Å². The molecule has 1 aliphatic heterocycles. The molecule has 0 aliphatic carbocycles. The molecule has 1 heterocycles. The first kappa shape index (κ1) is 12.7. The molecule has 0 fully saturated rings. The fourth-order valence-electron chi connectivity index (χ4n) is 1.26. The summed E-state index contributed by atoms with van der Waals surface area (Å²) in [6.45, 7) is 2.38. The Bertz CT molecular complexity index is 298. The third-order valence-electron chi connectivity index (χ3n) is 1.89. The molecule has 0 spiro atoms. The first-order chi connectivity index (χ1) is 7.49. The average molecular weight is 229 g/mol. The van der Waals surface area contributed by atoms with Gasteiger partial charge in [0.1, 0.15) is 18.8 Å². The highest BCUT2D eigenvalue weighted by Gasteiger charge is 2.27. The minimum absolute atomic E-state index is 0.115. The number of carbonyl (C=O) groups excluding carboxylic acids is 2. The van der Waals surface area contributed by atoms with Gasteiger partial charge in [0.2, 0.25) is 0 Å². The van der Waals surface area contributed by atoms with Crippen LogP contribution in [0.2, 0.25) is 0 Å². The highest BCUT2D eigenvalue weighted by molar-refractivity contribution is 5.66. The van der Waals surface area contributed by atoms with Gasteiger partial charge in [0.15, 0.2) is 0 Å². The quantitative estimate of drug-likeness (QED) is 0.461. The standard InChI is InChI=1S/C10H13O6/c1-6(11)14-5-9-8(15-7(2)12)3-4-10(13)16-9/h3-4,8-10H,5H2,1-2H3/q-1/t8-,9-,10+/m1/s1. The van der Waals surface area contributed by atoms with Gasteiger partial charge >= 0.3 is 11.9 Å². The Balaban J connectivity index is 2.58. The van der Waals surface area contributed by atoms with Gasteiger partial charge in [-0.05, 0) is 6.08 Å². The molecule has 16 heavy (non-hydrogen) atoms. The van der Waals surface area contributed by atoms with E-state index in [-0.39, 0.29) is 6.61 Å². The van der Waals surface area contributed by atoms with Gasteiger partial charge in [-0.2, -0.15) is 0 Å². The zero-order chi connectivity index (χ0) is 12.1. The van der Waals surface area contributed by atoms with E-state index in [1.807, 2.05) is 0 Å². The average Bonchev–Trinajstić information content (AvgIpc) is 2.17. The van der Waals surface area contributed by atoms with Gasteiger partial charge in [0.05, 0.1) is 0 Å². The predicted molar refractivity (Wildman–Crippen MR) is 50.0 cm³/mol. The molecule has 0 unspecified atom stereocenters. The van der Waals surface area contributed by atoms with E-state index in [0.717, 1.165) is 0 Å². The largest absolute Gasteiger partial charge is 0.828 e. The van der Waals surface area contributed by atoms with Gasteiger partial charge in [0, 0.05) is 20.1 Å². The number of ether oxygens (including phenoxy) is 3. The van der Waals surface area contributed by atoms with Crippen LogP contribution in [0.1, 0.15) is 13.8 Å². The Labute approximate surface area is 92.8 Å². The van der Waals surface area contributed by atoms with Crippen molar-refractivity contribution in [3.63, 3.8) is 0 Å². The van der Waals surface area contributed by atoms with Crippen molar-refractivity contribution in [2.45, 2.75) is 32.3 Å². The second-order valence-corrected chi connectivity index (χ2v) is 3.30. The molecular weight excluding hydrogens is 216 g/mol. The molecule has 1 rings (SSSR count). The maximum Gasteiger partial charge on any atom is 0.303 e. The Morgan fingerprint density at radius 2 is 2.00 bits per heavy atom. The van der Waals surface area contributed by atoms with Crippen LogP contribution in [0.25, 0.3) is 0 Å². The van der Waals surface area contributed by atoms with Crippen LogP contribution in [-0.4, -0.2) is 37.0 Å². The van der Waals surface area contributed by atoms with E-state index in [4.69, 9.17) is 14.2 Å². The minimum Gasteiger partial charge on any atom is -0.828 e. The highest BCUT2D eigenvalue weighted by atomic mass is 16.6. The molecule has 0 N–H and O–H groups in total. The fourth-order valence-corrected chi connectivity index (χ4v) is 1.26. The number of hydrogen-bond acceptors (Lipinski definition) is 6. The van der Waals surface area contributed by atoms with E-state index in [1.54, 1.807) is 0 Å². The molecule has 0 amide bonds. The van der Waals surface area contributed by atoms with E-state index >= 15 is 0 Å². The first-order valence-electron chi connectivity index (χ1n) is 4.79. The Morgan fingerprint density at radius 3 is 2.56 bits per heavy atom. The second-order valence-electron chi connectivity index (χ2n) is 3.30. The molecule has 6 heteroatoms. The smallest absolute Gasteiger partial charge is 0.303 e. The normalized spacial score (nSPS) is 28.6. The van der Waals surface area contributed by atoms with Crippen LogP contribution in [0.3, 0.4) is 0 Å². The molecule has 0 aromatic heterocycles. The highest BCUT2D eigenvalue weighted by Crippen LogP contribution is 2.14.